The van der Waals surface area contributed by atoms with Crippen LogP contribution in [0.25, 0.3) is 17.4 Å². The van der Waals surface area contributed by atoms with E-state index in [1.54, 1.807) is 18.2 Å². The molecule has 0 radical (unpaired) electrons. The van der Waals surface area contributed by atoms with E-state index in [1.165, 1.54) is 11.0 Å². The number of carbonyl (C=O) groups excluding carboxylic acids is 2. The van der Waals surface area contributed by atoms with Gasteiger partial charge in [-0.05, 0) is 89.5 Å². The number of aryl methyl sites for hydroxylation is 2. The molecule has 31 heavy (non-hydrogen) atoms. The fourth-order valence-electron chi connectivity index (χ4n) is 3.21. The quantitative estimate of drug-likeness (QED) is 0.272. The summed E-state index contributed by atoms with van der Waals surface area (Å²) in [6, 6.07) is 14.6. The van der Waals surface area contributed by atoms with Gasteiger partial charge >= 0.3 is 0 Å². The van der Waals surface area contributed by atoms with Crippen molar-refractivity contribution in [1.29, 1.82) is 0 Å². The number of hydrogen-bond acceptors (Lipinski definition) is 4. The summed E-state index contributed by atoms with van der Waals surface area (Å²) in [5, 5.41) is 3.19. The second-order valence-corrected chi connectivity index (χ2v) is 8.73. The molecule has 2 aromatic carbocycles. The van der Waals surface area contributed by atoms with E-state index in [0.717, 1.165) is 21.2 Å². The lowest BCUT2D eigenvalue weighted by Gasteiger charge is -2.30. The second-order valence-electron chi connectivity index (χ2n) is 7.08. The van der Waals surface area contributed by atoms with Crippen molar-refractivity contribution in [1.82, 2.24) is 5.32 Å². The fourth-order valence-corrected chi connectivity index (χ4v) is 3.91. The van der Waals surface area contributed by atoms with Gasteiger partial charge in [-0.25, -0.2) is 0 Å². The Morgan fingerprint density at radius 1 is 1.10 bits per heavy atom. The van der Waals surface area contributed by atoms with Gasteiger partial charge in [0.05, 0.1) is 10.7 Å². The number of carbonyl (C=O) groups is 2. The van der Waals surface area contributed by atoms with Gasteiger partial charge in [0.15, 0.2) is 5.11 Å². The molecule has 5 nitrogen and oxygen atoms in total. The van der Waals surface area contributed by atoms with Gasteiger partial charge in [-0.2, -0.15) is 0 Å². The average Bonchev–Trinajstić information content (AvgIpc) is 3.18. The summed E-state index contributed by atoms with van der Waals surface area (Å²) in [5.74, 6) is -0.152. The van der Waals surface area contributed by atoms with E-state index in [4.69, 9.17) is 28.2 Å². The molecule has 0 bridgehead atoms. The minimum Gasteiger partial charge on any atom is -0.457 e. The number of nitrogens with zero attached hydrogens (tertiary/aromatic N) is 1. The average molecular weight is 516 g/mol. The lowest BCUT2D eigenvalue weighted by molar-refractivity contribution is -0.122. The SMILES string of the molecule is Cc1ccc(C)c(N2C(=O)/C(=C/c3ccc(-c4ccc(Br)c(Cl)c4)o3)C(=O)NC2=S)c1. The van der Waals surface area contributed by atoms with Crippen LogP contribution in [0.15, 0.2) is 63.0 Å². The molecule has 0 aliphatic carbocycles. The molecule has 0 spiro atoms. The first-order chi connectivity index (χ1) is 14.7. The van der Waals surface area contributed by atoms with Gasteiger partial charge in [0.1, 0.15) is 17.1 Å². The molecule has 1 aromatic heterocycles. The van der Waals surface area contributed by atoms with Crippen LogP contribution in [-0.4, -0.2) is 16.9 Å². The van der Waals surface area contributed by atoms with Crippen LogP contribution in [0.1, 0.15) is 16.9 Å². The summed E-state index contributed by atoms with van der Waals surface area (Å²) in [6.45, 7) is 3.81. The maximum absolute atomic E-state index is 13.2. The van der Waals surface area contributed by atoms with Crippen LogP contribution < -0.4 is 10.2 Å². The van der Waals surface area contributed by atoms with Gasteiger partial charge < -0.3 is 4.42 Å². The Hall–Kier alpha value is -2.74. The predicted octanol–water partition coefficient (Wildman–Crippen LogP) is 5.81. The van der Waals surface area contributed by atoms with Crippen molar-refractivity contribution in [2.75, 3.05) is 4.90 Å². The normalized spacial score (nSPS) is 15.5. The molecule has 1 N–H and O–H groups in total. The number of rotatable bonds is 3. The van der Waals surface area contributed by atoms with Crippen LogP contribution in [0, 0.1) is 13.8 Å². The Labute approximate surface area is 197 Å². The second kappa shape index (κ2) is 8.42. The first kappa shape index (κ1) is 21.5. The first-order valence-electron chi connectivity index (χ1n) is 9.28. The third-order valence-electron chi connectivity index (χ3n) is 4.82. The fraction of sp³-hybridized carbons (Fsp3) is 0.0870. The summed E-state index contributed by atoms with van der Waals surface area (Å²) < 4.78 is 6.62. The highest BCUT2D eigenvalue weighted by Gasteiger charge is 2.35. The standard InChI is InChI=1S/C23H16BrClN2O3S/c1-12-3-4-13(2)19(9-12)27-22(29)16(21(28)26-23(27)31)11-15-6-8-20(30-15)14-5-7-17(24)18(25)10-14/h3-11H,1-2H3,(H,26,28,31)/b16-11+. The van der Waals surface area contributed by atoms with Crippen LogP contribution in [0.2, 0.25) is 5.02 Å². The zero-order valence-corrected chi connectivity index (χ0v) is 19.7. The Bertz CT molecular complexity index is 1280. The minimum absolute atomic E-state index is 0.0467. The van der Waals surface area contributed by atoms with E-state index in [9.17, 15) is 9.59 Å². The number of furan rings is 1. The van der Waals surface area contributed by atoms with Gasteiger partial charge in [-0.1, -0.05) is 29.8 Å². The van der Waals surface area contributed by atoms with Crippen molar-refractivity contribution in [3.63, 3.8) is 0 Å². The number of halogens is 2. The largest absolute Gasteiger partial charge is 0.457 e. The molecule has 1 saturated heterocycles. The van der Waals surface area contributed by atoms with E-state index in [0.29, 0.717) is 22.2 Å². The molecule has 1 aliphatic rings. The van der Waals surface area contributed by atoms with Crippen LogP contribution in [0.4, 0.5) is 5.69 Å². The van der Waals surface area contributed by atoms with Gasteiger partial charge in [0, 0.05) is 10.0 Å². The van der Waals surface area contributed by atoms with Crippen LogP contribution in [0.3, 0.4) is 0 Å². The van der Waals surface area contributed by atoms with E-state index in [2.05, 4.69) is 21.2 Å². The number of anilines is 1. The van der Waals surface area contributed by atoms with Gasteiger partial charge in [-0.15, -0.1) is 0 Å². The molecular weight excluding hydrogens is 500 g/mol. The number of thiocarbonyl (C=S) groups is 1. The van der Waals surface area contributed by atoms with E-state index in [1.807, 2.05) is 44.2 Å². The third kappa shape index (κ3) is 4.21. The maximum atomic E-state index is 13.2. The Kier molecular flexibility index (Phi) is 5.83. The summed E-state index contributed by atoms with van der Waals surface area (Å²) >= 11 is 14.8. The van der Waals surface area contributed by atoms with Crippen molar-refractivity contribution in [2.45, 2.75) is 13.8 Å². The highest BCUT2D eigenvalue weighted by atomic mass is 79.9. The van der Waals surface area contributed by atoms with Gasteiger partial charge in [0.2, 0.25) is 0 Å². The number of nitrogens with one attached hydrogen (secondary N) is 1. The molecule has 156 valence electrons. The van der Waals surface area contributed by atoms with Crippen LogP contribution in [-0.2, 0) is 9.59 Å². The van der Waals surface area contributed by atoms with Gasteiger partial charge in [-0.3, -0.25) is 19.8 Å². The van der Waals surface area contributed by atoms with Crippen LogP contribution >= 0.6 is 39.7 Å². The molecule has 2 amide bonds. The first-order valence-corrected chi connectivity index (χ1v) is 10.9. The predicted molar refractivity (Wildman–Crippen MR) is 129 cm³/mol. The minimum atomic E-state index is -0.568. The highest BCUT2D eigenvalue weighted by molar-refractivity contribution is 9.10. The van der Waals surface area contributed by atoms with Crippen molar-refractivity contribution < 1.29 is 14.0 Å². The molecular formula is C23H16BrClN2O3S. The van der Waals surface area contributed by atoms with E-state index < -0.39 is 11.8 Å². The molecule has 1 fully saturated rings. The number of amides is 2. The zero-order valence-electron chi connectivity index (χ0n) is 16.5. The highest BCUT2D eigenvalue weighted by Crippen LogP contribution is 2.31. The molecule has 0 atom stereocenters. The van der Waals surface area contributed by atoms with E-state index in [-0.39, 0.29) is 10.7 Å². The van der Waals surface area contributed by atoms with E-state index >= 15 is 0 Å². The summed E-state index contributed by atoms with van der Waals surface area (Å²) in [6.07, 6.45) is 1.42. The maximum Gasteiger partial charge on any atom is 0.270 e. The van der Waals surface area contributed by atoms with Gasteiger partial charge in [0.25, 0.3) is 11.8 Å². The van der Waals surface area contributed by atoms with Crippen molar-refractivity contribution in [2.24, 2.45) is 0 Å². The van der Waals surface area contributed by atoms with Crippen molar-refractivity contribution in [3.05, 3.63) is 80.5 Å². The monoisotopic (exact) mass is 514 g/mol. The molecule has 0 saturated carbocycles. The summed E-state index contributed by atoms with van der Waals surface area (Å²) in [5.41, 5.74) is 3.18. The number of hydrogen-bond donors (Lipinski definition) is 1. The lowest BCUT2D eigenvalue weighted by atomic mass is 10.1. The molecule has 2 heterocycles. The third-order valence-corrected chi connectivity index (χ3v) is 6.34. The summed E-state index contributed by atoms with van der Waals surface area (Å²) in [4.78, 5) is 27.1. The van der Waals surface area contributed by atoms with Crippen molar-refractivity contribution >= 4 is 68.4 Å². The Morgan fingerprint density at radius 2 is 1.87 bits per heavy atom. The number of benzene rings is 2. The Morgan fingerprint density at radius 3 is 2.61 bits per heavy atom. The summed E-state index contributed by atoms with van der Waals surface area (Å²) in [7, 11) is 0. The molecule has 0 unspecified atom stereocenters. The molecule has 4 rings (SSSR count). The zero-order chi connectivity index (χ0) is 22.3. The Balaban J connectivity index is 1.70. The molecule has 1 aliphatic heterocycles. The molecule has 3 aromatic rings. The topological polar surface area (TPSA) is 62.6 Å². The smallest absolute Gasteiger partial charge is 0.270 e. The van der Waals surface area contributed by atoms with Crippen LogP contribution in [0.5, 0.6) is 0 Å². The lowest BCUT2D eigenvalue weighted by Crippen LogP contribution is -2.54. The van der Waals surface area contributed by atoms with Crippen molar-refractivity contribution in [3.8, 4) is 11.3 Å². The molecule has 8 heteroatoms.